The van der Waals surface area contributed by atoms with Crippen LogP contribution in [0.1, 0.15) is 0 Å². The molecule has 62 valence electrons. The summed E-state index contributed by atoms with van der Waals surface area (Å²) in [5.41, 5.74) is 0. The largest absolute Gasteiger partial charge is 0.465 e. The molecule has 0 radical (unpaired) electrons. The third-order valence-corrected chi connectivity index (χ3v) is 3.44. The van der Waals surface area contributed by atoms with Gasteiger partial charge in [-0.3, -0.25) is 5.14 Å². The van der Waals surface area contributed by atoms with Gasteiger partial charge in [-0.1, -0.05) is 6.08 Å². The third kappa shape index (κ3) is 1.46. The Kier molecular flexibility index (Phi) is 2.06. The van der Waals surface area contributed by atoms with Crippen molar-refractivity contribution in [2.45, 2.75) is 0 Å². The van der Waals surface area contributed by atoms with Gasteiger partial charge in [-0.25, -0.2) is 4.79 Å². The van der Waals surface area contributed by atoms with E-state index in [1.807, 2.05) is 11.7 Å². The van der Waals surface area contributed by atoms with Gasteiger partial charge in [0, 0.05) is 0 Å². The number of methoxy groups -OCH3 is 1. The Labute approximate surface area is 67.4 Å². The van der Waals surface area contributed by atoms with Crippen molar-refractivity contribution in [3.05, 3.63) is 22.5 Å². The molecule has 0 amide bonds. The summed E-state index contributed by atoms with van der Waals surface area (Å²) >= 11 is 0. The maximum absolute atomic E-state index is 11.0. The number of carbonyl (C=O) groups excluding carboxylic acids is 1. The molecule has 0 saturated carbocycles. The van der Waals surface area contributed by atoms with Gasteiger partial charge < -0.3 is 4.74 Å². The molecule has 0 spiro atoms. The zero-order valence-electron chi connectivity index (χ0n) is 6.53. The van der Waals surface area contributed by atoms with Crippen molar-refractivity contribution in [1.29, 1.82) is 0 Å². The molecule has 1 rings (SSSR count). The van der Waals surface area contributed by atoms with Crippen LogP contribution in [-0.2, 0) is 9.53 Å². The van der Waals surface area contributed by atoms with E-state index in [4.69, 9.17) is 5.14 Å². The Balaban J connectivity index is 2.85. The van der Waals surface area contributed by atoms with E-state index in [0.29, 0.717) is 4.91 Å². The lowest BCUT2D eigenvalue weighted by atomic mass is 10.5. The molecule has 1 unspecified atom stereocenters. The second kappa shape index (κ2) is 2.71. The van der Waals surface area contributed by atoms with Crippen molar-refractivity contribution in [2.75, 3.05) is 13.4 Å². The van der Waals surface area contributed by atoms with Crippen molar-refractivity contribution in [3.8, 4) is 0 Å². The van der Waals surface area contributed by atoms with Crippen LogP contribution in [0.3, 0.4) is 0 Å². The molecule has 1 atom stereocenters. The fraction of sp³-hybridized carbons (Fsp3) is 0.286. The minimum atomic E-state index is -1.49. The lowest BCUT2D eigenvalue weighted by Gasteiger charge is -2.24. The van der Waals surface area contributed by atoms with Crippen molar-refractivity contribution in [2.24, 2.45) is 5.14 Å². The molecule has 0 aromatic heterocycles. The Morgan fingerprint density at radius 2 is 2.36 bits per heavy atom. The van der Waals surface area contributed by atoms with Gasteiger partial charge in [-0.05, 0) is 17.7 Å². The summed E-state index contributed by atoms with van der Waals surface area (Å²) in [6.07, 6.45) is 5.35. The molecule has 1 heterocycles. The van der Waals surface area contributed by atoms with E-state index in [1.54, 1.807) is 12.2 Å². The molecule has 1 aliphatic rings. The van der Waals surface area contributed by atoms with E-state index >= 15 is 0 Å². The van der Waals surface area contributed by atoms with Gasteiger partial charge in [-0.15, -0.1) is 10.2 Å². The monoisotopic (exact) mass is 173 g/mol. The quantitative estimate of drug-likeness (QED) is 0.599. The van der Waals surface area contributed by atoms with Gasteiger partial charge in [0.1, 0.15) is 0 Å². The van der Waals surface area contributed by atoms with Crippen molar-refractivity contribution in [3.63, 3.8) is 0 Å². The first-order valence-corrected chi connectivity index (χ1v) is 5.27. The number of allylic oxidation sites excluding steroid dienone is 2. The topological polar surface area (TPSA) is 52.3 Å². The summed E-state index contributed by atoms with van der Waals surface area (Å²) in [7, 11) is -0.134. The third-order valence-electron chi connectivity index (χ3n) is 1.47. The average Bonchev–Trinajstić information content (AvgIpc) is 2.28. The minimum Gasteiger partial charge on any atom is -0.465 e. The lowest BCUT2D eigenvalue weighted by Crippen LogP contribution is -2.14. The van der Waals surface area contributed by atoms with Crippen LogP contribution in [-0.4, -0.2) is 19.3 Å². The summed E-state index contributed by atoms with van der Waals surface area (Å²) in [4.78, 5) is 11.6. The summed E-state index contributed by atoms with van der Waals surface area (Å²) in [6, 6.07) is 0. The Morgan fingerprint density at radius 1 is 1.73 bits per heavy atom. The fourth-order valence-corrected chi connectivity index (χ4v) is 2.22. The first-order chi connectivity index (χ1) is 5.08. The van der Waals surface area contributed by atoms with E-state index in [2.05, 4.69) is 4.74 Å². The maximum atomic E-state index is 11.0. The molecular formula is C7H11NO2S. The van der Waals surface area contributed by atoms with E-state index < -0.39 is 10.2 Å². The normalized spacial score (nSPS) is 34.3. The van der Waals surface area contributed by atoms with Crippen LogP contribution in [0.25, 0.3) is 0 Å². The molecule has 11 heavy (non-hydrogen) atoms. The second-order valence-corrected chi connectivity index (χ2v) is 5.20. The molecule has 3 nitrogen and oxygen atoms in total. The molecule has 0 bridgehead atoms. The summed E-state index contributed by atoms with van der Waals surface area (Å²) in [6.45, 7) is 0. The number of esters is 1. The van der Waals surface area contributed by atoms with E-state index in [1.165, 1.54) is 7.11 Å². The highest BCUT2D eigenvalue weighted by Crippen LogP contribution is 2.49. The standard InChI is InChI=1S/C7H11NO2S/c1-10-7(9)6-4-3-5-11(6,2)8/h3-5H,8H2,1-2H3. The highest BCUT2D eigenvalue weighted by Gasteiger charge is 2.25. The molecule has 0 aromatic rings. The second-order valence-electron chi connectivity index (χ2n) is 2.40. The van der Waals surface area contributed by atoms with Crippen LogP contribution in [0.4, 0.5) is 0 Å². The van der Waals surface area contributed by atoms with Crippen molar-refractivity contribution < 1.29 is 9.53 Å². The fourth-order valence-electron chi connectivity index (χ4n) is 0.858. The maximum Gasteiger partial charge on any atom is 0.344 e. The van der Waals surface area contributed by atoms with E-state index in [-0.39, 0.29) is 5.97 Å². The summed E-state index contributed by atoms with van der Waals surface area (Å²) < 4.78 is 4.56. The number of ether oxygens (including phenoxy) is 1. The highest BCUT2D eigenvalue weighted by atomic mass is 32.3. The number of rotatable bonds is 1. The number of carbonyl (C=O) groups is 1. The lowest BCUT2D eigenvalue weighted by molar-refractivity contribution is -0.135. The van der Waals surface area contributed by atoms with Crippen LogP contribution >= 0.6 is 10.2 Å². The molecule has 2 N–H and O–H groups in total. The van der Waals surface area contributed by atoms with Gasteiger partial charge in [0.05, 0.1) is 12.0 Å². The molecule has 0 saturated heterocycles. The van der Waals surface area contributed by atoms with Crippen LogP contribution in [0.15, 0.2) is 22.5 Å². The van der Waals surface area contributed by atoms with E-state index in [9.17, 15) is 4.79 Å². The molecule has 4 heteroatoms. The number of hydrogen-bond donors (Lipinski definition) is 1. The van der Waals surface area contributed by atoms with Gasteiger partial charge in [-0.2, -0.15) is 0 Å². The van der Waals surface area contributed by atoms with Crippen LogP contribution < -0.4 is 5.14 Å². The SMILES string of the molecule is COC(=O)C1=CC=CS1(C)N. The van der Waals surface area contributed by atoms with Gasteiger partial charge in [0.25, 0.3) is 0 Å². The van der Waals surface area contributed by atoms with Crippen LogP contribution in [0.5, 0.6) is 0 Å². The smallest absolute Gasteiger partial charge is 0.344 e. The predicted molar refractivity (Wildman–Crippen MR) is 46.9 cm³/mol. The molecular weight excluding hydrogens is 162 g/mol. The van der Waals surface area contributed by atoms with Gasteiger partial charge >= 0.3 is 5.97 Å². The number of nitrogens with two attached hydrogens (primary N) is 1. The zero-order valence-corrected chi connectivity index (χ0v) is 7.35. The number of hydrogen-bond acceptors (Lipinski definition) is 3. The van der Waals surface area contributed by atoms with Crippen molar-refractivity contribution in [1.82, 2.24) is 0 Å². The van der Waals surface area contributed by atoms with Crippen molar-refractivity contribution >= 4 is 16.2 Å². The minimum absolute atomic E-state index is 0.324. The Bertz CT molecular complexity index is 243. The molecule has 0 aromatic carbocycles. The first-order valence-electron chi connectivity index (χ1n) is 3.11. The molecule has 0 fully saturated rings. The van der Waals surface area contributed by atoms with Gasteiger partial charge in [0.15, 0.2) is 0 Å². The van der Waals surface area contributed by atoms with Crippen LogP contribution in [0.2, 0.25) is 0 Å². The van der Waals surface area contributed by atoms with E-state index in [0.717, 1.165) is 0 Å². The Morgan fingerprint density at radius 3 is 2.73 bits per heavy atom. The highest BCUT2D eigenvalue weighted by molar-refractivity contribution is 8.37. The Hall–Kier alpha value is -0.740. The molecule has 0 aliphatic carbocycles. The van der Waals surface area contributed by atoms with Gasteiger partial charge in [0.2, 0.25) is 0 Å². The molecule has 1 aliphatic heterocycles. The zero-order chi connectivity index (χ0) is 8.48. The average molecular weight is 173 g/mol. The van der Waals surface area contributed by atoms with Crippen LogP contribution in [0, 0.1) is 0 Å². The predicted octanol–water partition coefficient (Wildman–Crippen LogP) is 0.879. The first kappa shape index (κ1) is 8.36. The summed E-state index contributed by atoms with van der Waals surface area (Å²) in [5.74, 6) is -0.324. The summed E-state index contributed by atoms with van der Waals surface area (Å²) in [5, 5.41) is 7.67.